The summed E-state index contributed by atoms with van der Waals surface area (Å²) in [6, 6.07) is 19.8. The van der Waals surface area contributed by atoms with E-state index < -0.39 is 0 Å². The summed E-state index contributed by atoms with van der Waals surface area (Å²) in [5.41, 5.74) is 3.89. The summed E-state index contributed by atoms with van der Waals surface area (Å²) in [4.78, 5) is 13.6. The molecule has 2 aromatic carbocycles. The molecule has 0 aliphatic rings. The lowest BCUT2D eigenvalue weighted by Crippen LogP contribution is -2.09. The monoisotopic (exact) mass is 389 g/mol. The molecule has 4 aromatic rings. The number of halogens is 1. The summed E-state index contributed by atoms with van der Waals surface area (Å²) in [6.07, 6.45) is 2.67. The van der Waals surface area contributed by atoms with Gasteiger partial charge >= 0.3 is 0 Å². The molecule has 0 fully saturated rings. The second-order valence-corrected chi connectivity index (χ2v) is 6.96. The number of aryl methyl sites for hydroxylation is 1. The van der Waals surface area contributed by atoms with E-state index in [-0.39, 0.29) is 0 Å². The maximum absolute atomic E-state index is 5.94. The highest BCUT2D eigenvalue weighted by molar-refractivity contribution is 6.30. The second kappa shape index (κ2) is 8.23. The molecule has 0 atom stereocenters. The van der Waals surface area contributed by atoms with E-state index in [0.29, 0.717) is 5.95 Å². The number of nitrogens with one attached hydrogen (secondary N) is 2. The lowest BCUT2D eigenvalue weighted by Gasteiger charge is -2.11. The molecule has 0 unspecified atom stereocenters. The van der Waals surface area contributed by atoms with Gasteiger partial charge in [0.2, 0.25) is 5.95 Å². The van der Waals surface area contributed by atoms with Crippen molar-refractivity contribution in [1.29, 1.82) is 0 Å². The van der Waals surface area contributed by atoms with Crippen molar-refractivity contribution in [1.82, 2.24) is 15.0 Å². The number of pyridine rings is 1. The standard InChI is InChI=1S/C22H20ClN5/c1-15-14-20(24-13-11-16-7-9-18(23)10-8-16)28-22(26-15)27-19-6-2-4-17-5-3-12-25-21(17)19/h2-10,12,14H,11,13H2,1H3,(H2,24,26,27,28). The van der Waals surface area contributed by atoms with Crippen molar-refractivity contribution in [2.24, 2.45) is 0 Å². The molecule has 4 rings (SSSR count). The fraction of sp³-hybridized carbons (Fsp3) is 0.136. The average Bonchev–Trinajstić information content (AvgIpc) is 2.69. The molecule has 0 saturated carbocycles. The Kier molecular flexibility index (Phi) is 5.35. The van der Waals surface area contributed by atoms with E-state index in [1.165, 1.54) is 5.56 Å². The van der Waals surface area contributed by atoms with Crippen molar-refractivity contribution < 1.29 is 0 Å². The Labute approximate surface area is 168 Å². The molecule has 2 aromatic heterocycles. The highest BCUT2D eigenvalue weighted by Gasteiger charge is 2.06. The predicted octanol–water partition coefficient (Wildman–Crippen LogP) is 5.38. The first-order chi connectivity index (χ1) is 13.7. The maximum Gasteiger partial charge on any atom is 0.229 e. The van der Waals surface area contributed by atoms with Crippen LogP contribution in [0.5, 0.6) is 0 Å². The Hall–Kier alpha value is -3.18. The van der Waals surface area contributed by atoms with Gasteiger partial charge in [-0.15, -0.1) is 0 Å². The summed E-state index contributed by atoms with van der Waals surface area (Å²) in [7, 11) is 0. The molecule has 0 amide bonds. The average molecular weight is 390 g/mol. The van der Waals surface area contributed by atoms with E-state index in [4.69, 9.17) is 11.6 Å². The van der Waals surface area contributed by atoms with Crippen LogP contribution in [0.25, 0.3) is 10.9 Å². The van der Waals surface area contributed by atoms with E-state index in [0.717, 1.165) is 46.1 Å². The van der Waals surface area contributed by atoms with Crippen molar-refractivity contribution in [3.63, 3.8) is 0 Å². The van der Waals surface area contributed by atoms with Gasteiger partial charge in [0.1, 0.15) is 5.82 Å². The summed E-state index contributed by atoms with van der Waals surface area (Å²) in [5, 5.41) is 8.50. The number of fused-ring (bicyclic) bond motifs is 1. The Morgan fingerprint density at radius 1 is 0.964 bits per heavy atom. The molecule has 0 saturated heterocycles. The van der Waals surface area contributed by atoms with Gasteiger partial charge in [0.15, 0.2) is 0 Å². The number of benzene rings is 2. The summed E-state index contributed by atoms with van der Waals surface area (Å²) in [6.45, 7) is 2.73. The highest BCUT2D eigenvalue weighted by Crippen LogP contribution is 2.23. The fourth-order valence-electron chi connectivity index (χ4n) is 3.03. The largest absolute Gasteiger partial charge is 0.370 e. The quantitative estimate of drug-likeness (QED) is 0.463. The minimum absolute atomic E-state index is 0.548. The molecule has 28 heavy (non-hydrogen) atoms. The van der Waals surface area contributed by atoms with Crippen LogP contribution < -0.4 is 10.6 Å². The highest BCUT2D eigenvalue weighted by atomic mass is 35.5. The van der Waals surface area contributed by atoms with Crippen LogP contribution in [-0.2, 0) is 6.42 Å². The number of rotatable bonds is 6. The van der Waals surface area contributed by atoms with Gasteiger partial charge in [0.25, 0.3) is 0 Å². The van der Waals surface area contributed by atoms with E-state index >= 15 is 0 Å². The van der Waals surface area contributed by atoms with Crippen LogP contribution >= 0.6 is 11.6 Å². The van der Waals surface area contributed by atoms with E-state index in [1.807, 2.05) is 67.6 Å². The number of hydrogen-bond donors (Lipinski definition) is 2. The molecule has 140 valence electrons. The van der Waals surface area contributed by atoms with Crippen LogP contribution in [0, 0.1) is 6.92 Å². The Balaban J connectivity index is 1.48. The fourth-order valence-corrected chi connectivity index (χ4v) is 3.15. The van der Waals surface area contributed by atoms with Gasteiger partial charge < -0.3 is 10.6 Å². The SMILES string of the molecule is Cc1cc(NCCc2ccc(Cl)cc2)nc(Nc2cccc3cccnc23)n1. The molecule has 0 aliphatic heterocycles. The van der Waals surface area contributed by atoms with Gasteiger partial charge in [-0.05, 0) is 43.2 Å². The third kappa shape index (κ3) is 4.38. The van der Waals surface area contributed by atoms with Crippen LogP contribution in [-0.4, -0.2) is 21.5 Å². The second-order valence-electron chi connectivity index (χ2n) is 6.53. The van der Waals surface area contributed by atoms with Gasteiger partial charge in [0.05, 0.1) is 11.2 Å². The van der Waals surface area contributed by atoms with Gasteiger partial charge in [-0.2, -0.15) is 4.98 Å². The molecule has 0 bridgehead atoms. The molecule has 0 radical (unpaired) electrons. The predicted molar refractivity (Wildman–Crippen MR) is 115 cm³/mol. The first-order valence-corrected chi connectivity index (χ1v) is 9.50. The molecule has 0 aliphatic carbocycles. The third-order valence-electron chi connectivity index (χ3n) is 4.37. The molecule has 2 heterocycles. The lowest BCUT2D eigenvalue weighted by atomic mass is 10.1. The summed E-state index contributed by atoms with van der Waals surface area (Å²) < 4.78 is 0. The number of para-hydroxylation sites is 1. The summed E-state index contributed by atoms with van der Waals surface area (Å²) in [5.74, 6) is 1.34. The number of nitrogens with zero attached hydrogens (tertiary/aromatic N) is 3. The third-order valence-corrected chi connectivity index (χ3v) is 4.62. The van der Waals surface area contributed by atoms with Crippen LogP contribution in [0.15, 0.2) is 66.9 Å². The molecule has 5 nitrogen and oxygen atoms in total. The van der Waals surface area contributed by atoms with Crippen LogP contribution in [0.4, 0.5) is 17.5 Å². The maximum atomic E-state index is 5.94. The van der Waals surface area contributed by atoms with Crippen molar-refractivity contribution in [2.75, 3.05) is 17.2 Å². The van der Waals surface area contributed by atoms with E-state index in [9.17, 15) is 0 Å². The molecular formula is C22H20ClN5. The van der Waals surface area contributed by atoms with Crippen LogP contribution in [0.1, 0.15) is 11.3 Å². The molecule has 0 spiro atoms. The zero-order valence-corrected chi connectivity index (χ0v) is 16.2. The van der Waals surface area contributed by atoms with Gasteiger partial charge in [0, 0.05) is 34.9 Å². The zero-order valence-electron chi connectivity index (χ0n) is 15.5. The summed E-state index contributed by atoms with van der Waals surface area (Å²) >= 11 is 5.94. The topological polar surface area (TPSA) is 62.7 Å². The van der Waals surface area contributed by atoms with Crippen LogP contribution in [0.3, 0.4) is 0 Å². The number of hydrogen-bond acceptors (Lipinski definition) is 5. The van der Waals surface area contributed by atoms with Crippen molar-refractivity contribution in [2.45, 2.75) is 13.3 Å². The van der Waals surface area contributed by atoms with Gasteiger partial charge in [-0.25, -0.2) is 4.98 Å². The molecule has 6 heteroatoms. The minimum atomic E-state index is 0.548. The van der Waals surface area contributed by atoms with Gasteiger partial charge in [-0.3, -0.25) is 4.98 Å². The van der Waals surface area contributed by atoms with E-state index in [1.54, 1.807) is 6.20 Å². The van der Waals surface area contributed by atoms with Crippen molar-refractivity contribution in [3.8, 4) is 0 Å². The Bertz CT molecular complexity index is 1090. The van der Waals surface area contributed by atoms with E-state index in [2.05, 4.69) is 25.6 Å². The van der Waals surface area contributed by atoms with Crippen molar-refractivity contribution in [3.05, 3.63) is 83.1 Å². The Morgan fingerprint density at radius 2 is 1.79 bits per heavy atom. The zero-order chi connectivity index (χ0) is 19.3. The first kappa shape index (κ1) is 18.2. The smallest absolute Gasteiger partial charge is 0.229 e. The van der Waals surface area contributed by atoms with Crippen LogP contribution in [0.2, 0.25) is 5.02 Å². The number of aromatic nitrogens is 3. The number of anilines is 3. The molecular weight excluding hydrogens is 370 g/mol. The minimum Gasteiger partial charge on any atom is -0.370 e. The lowest BCUT2D eigenvalue weighted by molar-refractivity contribution is 0.995. The molecule has 2 N–H and O–H groups in total. The first-order valence-electron chi connectivity index (χ1n) is 9.12. The Morgan fingerprint density at radius 3 is 2.64 bits per heavy atom. The normalized spacial score (nSPS) is 10.8. The van der Waals surface area contributed by atoms with Gasteiger partial charge in [-0.1, -0.05) is 41.9 Å². The van der Waals surface area contributed by atoms with Crippen molar-refractivity contribution >= 4 is 40.0 Å².